The topological polar surface area (TPSA) is 0 Å². The van der Waals surface area contributed by atoms with E-state index in [1.165, 1.54) is 210 Å². The molecule has 0 saturated heterocycles. The zero-order valence-corrected chi connectivity index (χ0v) is 33.9. The molecule has 0 aromatic carbocycles. The Kier molecular flexibility index (Phi) is 38.0. The average molecular weight is 735 g/mol. The van der Waals surface area contributed by atoms with Gasteiger partial charge in [0.25, 0.3) is 0 Å². The van der Waals surface area contributed by atoms with Gasteiger partial charge in [-0.05, 0) is 0 Å². The molecule has 0 bridgehead atoms. The molecule has 245 valence electrons. The summed E-state index contributed by atoms with van der Waals surface area (Å²) in [4.78, 5) is 0. The fourth-order valence-electron chi connectivity index (χ4n) is 5.51. The van der Waals surface area contributed by atoms with E-state index in [0.717, 1.165) is 0 Å². The molecule has 4 heteroatoms. The minimum absolute atomic E-state index is 0.463. The van der Waals surface area contributed by atoms with Crippen LogP contribution in [-0.2, 0) is 0 Å². The van der Waals surface area contributed by atoms with Crippen LogP contribution in [0.1, 0.15) is 213 Å². The second-order valence-electron chi connectivity index (χ2n) is 12.6. The van der Waals surface area contributed by atoms with Gasteiger partial charge in [-0.2, -0.15) is 0 Å². The fourth-order valence-corrected chi connectivity index (χ4v) is 12.5. The predicted octanol–water partition coefficient (Wildman–Crippen LogP) is 14.7. The van der Waals surface area contributed by atoms with E-state index in [0.29, 0.717) is 1.43 Å². The molecule has 0 aromatic heterocycles. The van der Waals surface area contributed by atoms with Gasteiger partial charge < -0.3 is 0 Å². The Morgan fingerprint density at radius 1 is 0.293 bits per heavy atom. The number of unbranched alkanes of at least 4 members (excludes halogenated alkanes) is 27. The molecule has 0 N–H and O–H groups in total. The summed E-state index contributed by atoms with van der Waals surface area (Å²) in [7, 11) is 0. The maximum atomic E-state index is 2.33. The van der Waals surface area contributed by atoms with Crippen LogP contribution in [0.5, 0.6) is 0 Å². The molecule has 0 spiro atoms. The number of thioether (sulfide) groups is 3. The van der Waals surface area contributed by atoms with Crippen molar-refractivity contribution in [3.05, 3.63) is 0 Å². The van der Waals surface area contributed by atoms with Crippen molar-refractivity contribution in [2.45, 2.75) is 215 Å². The van der Waals surface area contributed by atoms with E-state index in [2.05, 4.69) is 56.1 Å². The molecule has 0 rings (SSSR count). The third-order valence-corrected chi connectivity index (χ3v) is 16.8. The van der Waals surface area contributed by atoms with Gasteiger partial charge in [-0.1, -0.05) is 40.0 Å². The average Bonchev–Trinajstić information content (AvgIpc) is 2.97. The van der Waals surface area contributed by atoms with Crippen LogP contribution in [0, 0.1) is 0 Å². The summed E-state index contributed by atoms with van der Waals surface area (Å²) in [6.07, 6.45) is 43.6. The molecule has 0 amide bonds. The maximum absolute atomic E-state index is 2.33. The molecule has 0 atom stereocenters. The van der Waals surface area contributed by atoms with Crippen molar-refractivity contribution in [3.63, 3.8) is 0 Å². The quantitative estimate of drug-likeness (QED) is 0.0357. The van der Waals surface area contributed by atoms with E-state index in [1.807, 2.05) is 0 Å². The molecule has 0 unspecified atom stereocenters. The van der Waals surface area contributed by atoms with Gasteiger partial charge in [0.05, 0.1) is 0 Å². The van der Waals surface area contributed by atoms with Crippen LogP contribution in [-0.4, -0.2) is 41.2 Å². The van der Waals surface area contributed by atoms with Gasteiger partial charge in [0.1, 0.15) is 0 Å². The predicted molar refractivity (Wildman–Crippen MR) is 201 cm³/mol. The zero-order valence-electron chi connectivity index (χ0n) is 28.6. The fraction of sp³-hybridized carbons (Fsp3) is 1.00. The molecule has 41 heavy (non-hydrogen) atoms. The van der Waals surface area contributed by atoms with E-state index in [9.17, 15) is 0 Å². The van der Waals surface area contributed by atoms with Crippen molar-refractivity contribution >= 4 is 57.8 Å². The molecule has 3 radical (unpaired) electrons. The Balaban J connectivity index is 4.06. The van der Waals surface area contributed by atoms with E-state index >= 15 is 0 Å². The number of hydrogen-bond donors (Lipinski definition) is 0. The van der Waals surface area contributed by atoms with Gasteiger partial charge in [-0.3, -0.25) is 0 Å². The van der Waals surface area contributed by atoms with Crippen LogP contribution in [0.4, 0.5) is 0 Å². The van der Waals surface area contributed by atoms with Crippen LogP contribution in [0.3, 0.4) is 0 Å². The van der Waals surface area contributed by atoms with E-state index < -0.39 is 0 Å². The van der Waals surface area contributed by atoms with Crippen molar-refractivity contribution < 1.29 is 0 Å². The monoisotopic (exact) mass is 735 g/mol. The second kappa shape index (κ2) is 36.3. The van der Waals surface area contributed by atoms with E-state index in [4.69, 9.17) is 0 Å². The van der Waals surface area contributed by atoms with Gasteiger partial charge in [-0.25, -0.2) is 0 Å². The van der Waals surface area contributed by atoms with Crippen molar-refractivity contribution in [2.75, 3.05) is 17.3 Å². The van der Waals surface area contributed by atoms with Crippen molar-refractivity contribution in [3.8, 4) is 0 Å². The second-order valence-corrected chi connectivity index (χ2v) is 22.6. The summed E-state index contributed by atoms with van der Waals surface area (Å²) >= 11 is 8.75. The number of hydrogen-bond acceptors (Lipinski definition) is 3. The summed E-state index contributed by atoms with van der Waals surface area (Å²) in [6.45, 7) is 6.95. The third kappa shape index (κ3) is 34.6. The standard InChI is InChI=1S/C37H75S3.Sn/c1-4-7-10-13-16-19-22-25-28-31-34-38-37(39-35-32-29-26-23-20-17-14-11-8-5-2)40-36-33-30-27-24-21-18-15-12-9-6-3;/h4-36H2,1-3H3;. The summed E-state index contributed by atoms with van der Waals surface area (Å²) in [6, 6.07) is 0. The first-order valence-electron chi connectivity index (χ1n) is 18.8. The Morgan fingerprint density at radius 3 is 0.659 bits per heavy atom. The molecular weight excluding hydrogens is 659 g/mol. The van der Waals surface area contributed by atoms with Gasteiger partial charge in [0.15, 0.2) is 0 Å². The smallest absolute Gasteiger partial charge is 0.0654 e. The SMILES string of the molecule is CCCCCCCCCCCCS[C]([Sn])(SCCCCCCCCCCCC)SCCCCCCCCCCCC. The molecule has 0 fully saturated rings. The van der Waals surface area contributed by atoms with Crippen LogP contribution in [0.15, 0.2) is 0 Å². The first-order valence-corrected chi connectivity index (χ1v) is 23.2. The van der Waals surface area contributed by atoms with E-state index in [-0.39, 0.29) is 0 Å². The number of rotatable bonds is 36. The third-order valence-electron chi connectivity index (χ3n) is 8.37. The van der Waals surface area contributed by atoms with Gasteiger partial charge in [0.2, 0.25) is 0 Å². The minimum atomic E-state index is 0.463. The summed E-state index contributed by atoms with van der Waals surface area (Å²) in [5.74, 6) is 4.16. The molecule has 0 aliphatic rings. The molecule has 0 nitrogen and oxygen atoms in total. The molecule has 0 aliphatic carbocycles. The van der Waals surface area contributed by atoms with Gasteiger partial charge in [0, 0.05) is 0 Å². The van der Waals surface area contributed by atoms with Crippen LogP contribution >= 0.6 is 35.3 Å². The normalized spacial score (nSPS) is 12.0. The van der Waals surface area contributed by atoms with Crippen molar-refractivity contribution in [1.82, 2.24) is 0 Å². The van der Waals surface area contributed by atoms with Crippen LogP contribution < -0.4 is 0 Å². The van der Waals surface area contributed by atoms with E-state index in [1.54, 1.807) is 22.5 Å². The van der Waals surface area contributed by atoms with Crippen molar-refractivity contribution in [2.24, 2.45) is 0 Å². The first-order chi connectivity index (χ1) is 20.2. The minimum Gasteiger partial charge on any atom is -0.0654 e. The zero-order chi connectivity index (χ0) is 30.0. The molecule has 0 heterocycles. The van der Waals surface area contributed by atoms with Gasteiger partial charge in [-0.15, -0.1) is 0 Å². The van der Waals surface area contributed by atoms with Crippen LogP contribution in [0.2, 0.25) is 0 Å². The Bertz CT molecular complexity index is 409. The van der Waals surface area contributed by atoms with Gasteiger partial charge >= 0.3 is 250 Å². The molecule has 0 saturated carbocycles. The molecular formula is C37H75S3Sn. The Labute approximate surface area is 287 Å². The van der Waals surface area contributed by atoms with Crippen molar-refractivity contribution in [1.29, 1.82) is 0 Å². The summed E-state index contributed by atoms with van der Waals surface area (Å²) < 4.78 is 0.463. The summed E-state index contributed by atoms with van der Waals surface area (Å²) in [5.41, 5.74) is 0. The molecule has 0 aromatic rings. The summed E-state index contributed by atoms with van der Waals surface area (Å²) in [5, 5.41) is 0. The Morgan fingerprint density at radius 2 is 0.463 bits per heavy atom. The first kappa shape index (κ1) is 42.8. The Hall–Kier alpha value is 1.85. The van der Waals surface area contributed by atoms with Crippen LogP contribution in [0.25, 0.3) is 0 Å². The molecule has 0 aliphatic heterocycles.